The standard InChI is InChI=1S/C14H24O/c1-11(2)7-8-14(9-10-15,12(3)4)13(5)6/h10-11H,3,5,7-9H2,1-2,4,6H3. The predicted molar refractivity (Wildman–Crippen MR) is 66.8 cm³/mol. The van der Waals surface area contributed by atoms with Crippen LogP contribution in [0.1, 0.15) is 47.0 Å². The summed E-state index contributed by atoms with van der Waals surface area (Å²) in [4.78, 5) is 10.8. The van der Waals surface area contributed by atoms with Gasteiger partial charge in [-0.3, -0.25) is 0 Å². The Morgan fingerprint density at radius 1 is 1.27 bits per heavy atom. The van der Waals surface area contributed by atoms with E-state index in [1.54, 1.807) is 0 Å². The van der Waals surface area contributed by atoms with Crippen LogP contribution in [0.15, 0.2) is 24.3 Å². The van der Waals surface area contributed by atoms with Gasteiger partial charge in [-0.05, 0) is 32.6 Å². The summed E-state index contributed by atoms with van der Waals surface area (Å²) in [5.74, 6) is 0.648. The first-order valence-electron chi connectivity index (χ1n) is 5.62. The molecule has 0 aliphatic rings. The molecule has 0 bridgehead atoms. The molecule has 0 aromatic heterocycles. The molecule has 0 saturated heterocycles. The van der Waals surface area contributed by atoms with E-state index in [0.29, 0.717) is 12.3 Å². The molecule has 0 fully saturated rings. The number of allylic oxidation sites excluding steroid dienone is 2. The molecule has 0 atom stereocenters. The zero-order chi connectivity index (χ0) is 12.1. The summed E-state index contributed by atoms with van der Waals surface area (Å²) < 4.78 is 0. The third-order valence-corrected chi connectivity index (χ3v) is 3.21. The van der Waals surface area contributed by atoms with Crippen LogP contribution in [0.4, 0.5) is 0 Å². The fraction of sp³-hybridized carbons (Fsp3) is 0.643. The topological polar surface area (TPSA) is 17.1 Å². The van der Waals surface area contributed by atoms with Crippen molar-refractivity contribution in [2.45, 2.75) is 47.0 Å². The highest BCUT2D eigenvalue weighted by Crippen LogP contribution is 2.41. The van der Waals surface area contributed by atoms with Crippen LogP contribution in [0.25, 0.3) is 0 Å². The average Bonchev–Trinajstić information content (AvgIpc) is 2.10. The largest absolute Gasteiger partial charge is 0.303 e. The summed E-state index contributed by atoms with van der Waals surface area (Å²) in [5, 5.41) is 0. The predicted octanol–water partition coefficient (Wildman–Crippen LogP) is 4.15. The van der Waals surface area contributed by atoms with Crippen LogP contribution in [0.5, 0.6) is 0 Å². The van der Waals surface area contributed by atoms with Gasteiger partial charge in [-0.2, -0.15) is 0 Å². The molecule has 0 aliphatic carbocycles. The highest BCUT2D eigenvalue weighted by atomic mass is 16.1. The summed E-state index contributed by atoms with van der Waals surface area (Å²) in [6.45, 7) is 16.4. The van der Waals surface area contributed by atoms with E-state index in [0.717, 1.165) is 30.3 Å². The molecule has 0 amide bonds. The van der Waals surface area contributed by atoms with Crippen molar-refractivity contribution in [3.05, 3.63) is 24.3 Å². The van der Waals surface area contributed by atoms with Gasteiger partial charge in [0.2, 0.25) is 0 Å². The Hall–Kier alpha value is -0.850. The number of rotatable bonds is 7. The Labute approximate surface area is 94.3 Å². The van der Waals surface area contributed by atoms with E-state index >= 15 is 0 Å². The Morgan fingerprint density at radius 2 is 1.73 bits per heavy atom. The van der Waals surface area contributed by atoms with Crippen molar-refractivity contribution in [3.63, 3.8) is 0 Å². The van der Waals surface area contributed by atoms with Crippen LogP contribution >= 0.6 is 0 Å². The third kappa shape index (κ3) is 3.65. The quantitative estimate of drug-likeness (QED) is 0.454. The molecule has 0 spiro atoms. The molecule has 15 heavy (non-hydrogen) atoms. The maximum atomic E-state index is 10.8. The van der Waals surface area contributed by atoms with Gasteiger partial charge in [0.05, 0.1) is 0 Å². The third-order valence-electron chi connectivity index (χ3n) is 3.21. The van der Waals surface area contributed by atoms with Crippen molar-refractivity contribution >= 4 is 6.29 Å². The number of hydrogen-bond donors (Lipinski definition) is 0. The fourth-order valence-electron chi connectivity index (χ4n) is 1.92. The van der Waals surface area contributed by atoms with Crippen LogP contribution < -0.4 is 0 Å². The molecule has 0 aliphatic heterocycles. The molecule has 0 heterocycles. The molecule has 1 heteroatoms. The smallest absolute Gasteiger partial charge is 0.121 e. The fourth-order valence-corrected chi connectivity index (χ4v) is 1.92. The lowest BCUT2D eigenvalue weighted by molar-refractivity contribution is -0.109. The Bertz CT molecular complexity index is 234. The van der Waals surface area contributed by atoms with Gasteiger partial charge in [0, 0.05) is 11.8 Å². The zero-order valence-electron chi connectivity index (χ0n) is 10.6. The second-order valence-electron chi connectivity index (χ2n) is 4.95. The number of carbonyl (C=O) groups is 1. The molecule has 86 valence electrons. The number of carbonyl (C=O) groups excluding carboxylic acids is 1. The van der Waals surface area contributed by atoms with Crippen LogP contribution in [-0.2, 0) is 4.79 Å². The summed E-state index contributed by atoms with van der Waals surface area (Å²) in [6, 6.07) is 0. The molecule has 0 N–H and O–H groups in total. The van der Waals surface area contributed by atoms with Crippen molar-refractivity contribution in [3.8, 4) is 0 Å². The van der Waals surface area contributed by atoms with Crippen LogP contribution in [-0.4, -0.2) is 6.29 Å². The minimum atomic E-state index is -0.175. The Morgan fingerprint density at radius 3 is 2.00 bits per heavy atom. The van der Waals surface area contributed by atoms with E-state index < -0.39 is 0 Å². The Kier molecular flexibility index (Phi) is 5.56. The number of hydrogen-bond acceptors (Lipinski definition) is 1. The van der Waals surface area contributed by atoms with E-state index in [2.05, 4.69) is 27.0 Å². The van der Waals surface area contributed by atoms with Gasteiger partial charge < -0.3 is 4.79 Å². The molecule has 0 rings (SSSR count). The first-order chi connectivity index (χ1) is 6.86. The van der Waals surface area contributed by atoms with Gasteiger partial charge in [0.25, 0.3) is 0 Å². The number of aldehydes is 1. The van der Waals surface area contributed by atoms with Gasteiger partial charge in [-0.25, -0.2) is 0 Å². The lowest BCUT2D eigenvalue weighted by Crippen LogP contribution is -2.24. The SMILES string of the molecule is C=C(C)C(CC=O)(CCC(C)C)C(=C)C. The van der Waals surface area contributed by atoms with Gasteiger partial charge >= 0.3 is 0 Å². The molecule has 0 aromatic carbocycles. The lowest BCUT2D eigenvalue weighted by Gasteiger charge is -2.34. The molecule has 0 aromatic rings. The maximum absolute atomic E-state index is 10.8. The van der Waals surface area contributed by atoms with Crippen molar-refractivity contribution in [1.29, 1.82) is 0 Å². The van der Waals surface area contributed by atoms with Gasteiger partial charge in [0.1, 0.15) is 6.29 Å². The molecule has 0 radical (unpaired) electrons. The van der Waals surface area contributed by atoms with Crippen LogP contribution in [0.2, 0.25) is 0 Å². The first kappa shape index (κ1) is 14.2. The highest BCUT2D eigenvalue weighted by molar-refractivity contribution is 5.54. The van der Waals surface area contributed by atoms with Gasteiger partial charge in [0.15, 0.2) is 0 Å². The molecular formula is C14H24O. The summed E-state index contributed by atoms with van der Waals surface area (Å²) in [6.07, 6.45) is 3.59. The summed E-state index contributed by atoms with van der Waals surface area (Å²) in [7, 11) is 0. The van der Waals surface area contributed by atoms with Crippen molar-refractivity contribution in [1.82, 2.24) is 0 Å². The molecular weight excluding hydrogens is 184 g/mol. The second kappa shape index (κ2) is 5.89. The van der Waals surface area contributed by atoms with Gasteiger partial charge in [-0.1, -0.05) is 38.2 Å². The van der Waals surface area contributed by atoms with Crippen molar-refractivity contribution < 1.29 is 4.79 Å². The van der Waals surface area contributed by atoms with Crippen molar-refractivity contribution in [2.24, 2.45) is 11.3 Å². The summed E-state index contributed by atoms with van der Waals surface area (Å²) in [5.41, 5.74) is 1.94. The zero-order valence-corrected chi connectivity index (χ0v) is 10.6. The van der Waals surface area contributed by atoms with Crippen LogP contribution in [0.3, 0.4) is 0 Å². The van der Waals surface area contributed by atoms with Gasteiger partial charge in [-0.15, -0.1) is 0 Å². The minimum absolute atomic E-state index is 0.175. The van der Waals surface area contributed by atoms with E-state index in [1.807, 2.05) is 13.8 Å². The van der Waals surface area contributed by atoms with E-state index in [4.69, 9.17) is 0 Å². The average molecular weight is 208 g/mol. The normalized spacial score (nSPS) is 11.5. The van der Waals surface area contributed by atoms with Crippen molar-refractivity contribution in [2.75, 3.05) is 0 Å². The molecule has 0 unspecified atom stereocenters. The minimum Gasteiger partial charge on any atom is -0.303 e. The van der Waals surface area contributed by atoms with Crippen LogP contribution in [0, 0.1) is 11.3 Å². The molecule has 1 nitrogen and oxygen atoms in total. The highest BCUT2D eigenvalue weighted by Gasteiger charge is 2.31. The first-order valence-corrected chi connectivity index (χ1v) is 5.62. The van der Waals surface area contributed by atoms with E-state index in [1.165, 1.54) is 0 Å². The summed E-state index contributed by atoms with van der Waals surface area (Å²) >= 11 is 0. The van der Waals surface area contributed by atoms with E-state index in [9.17, 15) is 4.79 Å². The lowest BCUT2D eigenvalue weighted by atomic mass is 9.69. The van der Waals surface area contributed by atoms with E-state index in [-0.39, 0.29) is 5.41 Å². The monoisotopic (exact) mass is 208 g/mol. The second-order valence-corrected chi connectivity index (χ2v) is 4.95. The Balaban J connectivity index is 4.87. The molecule has 0 saturated carbocycles. The maximum Gasteiger partial charge on any atom is 0.121 e.